The van der Waals surface area contributed by atoms with Crippen LogP contribution in [0.3, 0.4) is 0 Å². The van der Waals surface area contributed by atoms with Crippen molar-refractivity contribution in [3.8, 4) is 11.5 Å². The second kappa shape index (κ2) is 6.39. The van der Waals surface area contributed by atoms with E-state index in [2.05, 4.69) is 4.99 Å². The summed E-state index contributed by atoms with van der Waals surface area (Å²) in [5.41, 5.74) is 0.993. The summed E-state index contributed by atoms with van der Waals surface area (Å²) in [7, 11) is 3.21. The first kappa shape index (κ1) is 13.6. The topological polar surface area (TPSA) is 47.9 Å². The first-order valence-electron chi connectivity index (χ1n) is 6.59. The SMILES string of the molecule is COc1ccc(C(N=C=O)C2CCCC2)cc1OC. The molecule has 1 unspecified atom stereocenters. The van der Waals surface area contributed by atoms with Gasteiger partial charge < -0.3 is 9.47 Å². The number of rotatable bonds is 5. The van der Waals surface area contributed by atoms with E-state index in [0.29, 0.717) is 17.4 Å². The second-order valence-corrected chi connectivity index (χ2v) is 4.82. The van der Waals surface area contributed by atoms with E-state index < -0.39 is 0 Å². The molecule has 1 saturated carbocycles. The standard InChI is InChI=1S/C15H19NO3/c1-18-13-8-7-12(9-14(13)19-2)15(16-10-17)11-5-3-4-6-11/h7-9,11,15H,3-6H2,1-2H3. The lowest BCUT2D eigenvalue weighted by atomic mass is 9.92. The van der Waals surface area contributed by atoms with Crippen molar-refractivity contribution in [1.82, 2.24) is 0 Å². The Morgan fingerprint density at radius 1 is 1.21 bits per heavy atom. The number of hydrogen-bond acceptors (Lipinski definition) is 4. The van der Waals surface area contributed by atoms with Gasteiger partial charge in [-0.2, -0.15) is 4.99 Å². The number of benzene rings is 1. The summed E-state index contributed by atoms with van der Waals surface area (Å²) in [5, 5.41) is 0. The lowest BCUT2D eigenvalue weighted by Crippen LogP contribution is -2.08. The number of carbonyl (C=O) groups excluding carboxylic acids is 1. The van der Waals surface area contributed by atoms with Crippen LogP contribution in [-0.2, 0) is 4.79 Å². The molecule has 1 fully saturated rings. The van der Waals surface area contributed by atoms with Crippen molar-refractivity contribution in [2.24, 2.45) is 10.9 Å². The smallest absolute Gasteiger partial charge is 0.235 e. The van der Waals surface area contributed by atoms with E-state index in [1.165, 1.54) is 12.8 Å². The van der Waals surface area contributed by atoms with Crippen molar-refractivity contribution in [2.75, 3.05) is 14.2 Å². The molecule has 2 rings (SSSR count). The molecule has 0 aliphatic heterocycles. The highest BCUT2D eigenvalue weighted by Gasteiger charge is 2.26. The lowest BCUT2D eigenvalue weighted by Gasteiger charge is -2.19. The monoisotopic (exact) mass is 261 g/mol. The maximum Gasteiger partial charge on any atom is 0.235 e. The fourth-order valence-electron chi connectivity index (χ4n) is 2.82. The highest BCUT2D eigenvalue weighted by molar-refractivity contribution is 5.45. The van der Waals surface area contributed by atoms with Gasteiger partial charge in [0.2, 0.25) is 6.08 Å². The van der Waals surface area contributed by atoms with E-state index in [9.17, 15) is 4.79 Å². The first-order valence-corrected chi connectivity index (χ1v) is 6.59. The number of hydrogen-bond donors (Lipinski definition) is 0. The zero-order valence-electron chi connectivity index (χ0n) is 11.4. The summed E-state index contributed by atoms with van der Waals surface area (Å²) in [6.07, 6.45) is 6.37. The van der Waals surface area contributed by atoms with Gasteiger partial charge in [-0.15, -0.1) is 0 Å². The third-order valence-corrected chi connectivity index (χ3v) is 3.79. The van der Waals surface area contributed by atoms with Gasteiger partial charge in [0.25, 0.3) is 0 Å². The Hall–Kier alpha value is -1.80. The van der Waals surface area contributed by atoms with Crippen LogP contribution in [0.2, 0.25) is 0 Å². The molecule has 0 bridgehead atoms. The van der Waals surface area contributed by atoms with Crippen LogP contribution >= 0.6 is 0 Å². The van der Waals surface area contributed by atoms with E-state index in [0.717, 1.165) is 18.4 Å². The molecule has 0 aromatic heterocycles. The molecule has 0 heterocycles. The van der Waals surface area contributed by atoms with Gasteiger partial charge in [-0.3, -0.25) is 0 Å². The van der Waals surface area contributed by atoms with Crippen LogP contribution in [0.1, 0.15) is 37.3 Å². The highest BCUT2D eigenvalue weighted by Crippen LogP contribution is 2.40. The molecule has 0 saturated heterocycles. The summed E-state index contributed by atoms with van der Waals surface area (Å²) >= 11 is 0. The predicted octanol–water partition coefficient (Wildman–Crippen LogP) is 3.27. The number of aliphatic imine (C=N–C) groups is 1. The Balaban J connectivity index is 2.33. The van der Waals surface area contributed by atoms with Gasteiger partial charge in [0, 0.05) is 0 Å². The summed E-state index contributed by atoms with van der Waals surface area (Å²) in [4.78, 5) is 14.7. The second-order valence-electron chi connectivity index (χ2n) is 4.82. The number of methoxy groups -OCH3 is 2. The molecule has 0 spiro atoms. The van der Waals surface area contributed by atoms with Crippen LogP contribution in [0, 0.1) is 5.92 Å². The van der Waals surface area contributed by atoms with E-state index in [1.807, 2.05) is 18.2 Å². The molecular formula is C15H19NO3. The molecule has 1 atom stereocenters. The Labute approximate surface area is 113 Å². The summed E-state index contributed by atoms with van der Waals surface area (Å²) < 4.78 is 10.5. The fourth-order valence-corrected chi connectivity index (χ4v) is 2.82. The molecule has 4 heteroatoms. The zero-order chi connectivity index (χ0) is 13.7. The third kappa shape index (κ3) is 2.96. The van der Waals surface area contributed by atoms with Crippen molar-refractivity contribution in [3.05, 3.63) is 23.8 Å². The van der Waals surface area contributed by atoms with Gasteiger partial charge in [0.05, 0.1) is 20.3 Å². The van der Waals surface area contributed by atoms with Crippen molar-refractivity contribution in [2.45, 2.75) is 31.7 Å². The summed E-state index contributed by atoms with van der Waals surface area (Å²) in [6.45, 7) is 0. The van der Waals surface area contributed by atoms with Crippen LogP contribution < -0.4 is 9.47 Å². The maximum absolute atomic E-state index is 10.7. The van der Waals surface area contributed by atoms with Crippen LogP contribution in [0.4, 0.5) is 0 Å². The molecule has 4 nitrogen and oxygen atoms in total. The van der Waals surface area contributed by atoms with Crippen LogP contribution in [0.5, 0.6) is 11.5 Å². The molecule has 0 amide bonds. The Bertz CT molecular complexity index is 474. The quantitative estimate of drug-likeness (QED) is 0.603. The molecule has 0 N–H and O–H groups in total. The van der Waals surface area contributed by atoms with Crippen molar-refractivity contribution < 1.29 is 14.3 Å². The Kier molecular flexibility index (Phi) is 4.58. The van der Waals surface area contributed by atoms with Gasteiger partial charge in [0.1, 0.15) is 0 Å². The number of nitrogens with zero attached hydrogens (tertiary/aromatic N) is 1. The van der Waals surface area contributed by atoms with Crippen LogP contribution in [0.25, 0.3) is 0 Å². The van der Waals surface area contributed by atoms with Crippen LogP contribution in [0.15, 0.2) is 23.2 Å². The first-order chi connectivity index (χ1) is 9.30. The largest absolute Gasteiger partial charge is 0.493 e. The third-order valence-electron chi connectivity index (χ3n) is 3.79. The molecular weight excluding hydrogens is 242 g/mol. The normalized spacial score (nSPS) is 16.7. The van der Waals surface area contributed by atoms with Gasteiger partial charge in [-0.05, 0) is 36.5 Å². The van der Waals surface area contributed by atoms with E-state index in [4.69, 9.17) is 9.47 Å². The summed E-state index contributed by atoms with van der Waals surface area (Å²) in [5.74, 6) is 1.79. The predicted molar refractivity (Wildman–Crippen MR) is 72.4 cm³/mol. The highest BCUT2D eigenvalue weighted by atomic mass is 16.5. The van der Waals surface area contributed by atoms with Gasteiger partial charge in [-0.1, -0.05) is 18.9 Å². The van der Waals surface area contributed by atoms with Crippen molar-refractivity contribution >= 4 is 6.08 Å². The van der Waals surface area contributed by atoms with E-state index >= 15 is 0 Å². The molecule has 19 heavy (non-hydrogen) atoms. The minimum absolute atomic E-state index is 0.111. The van der Waals surface area contributed by atoms with Gasteiger partial charge in [-0.25, -0.2) is 4.79 Å². The molecule has 1 aromatic carbocycles. The average molecular weight is 261 g/mol. The maximum atomic E-state index is 10.7. The molecule has 1 aliphatic carbocycles. The average Bonchev–Trinajstić information content (AvgIpc) is 2.98. The van der Waals surface area contributed by atoms with Gasteiger partial charge in [0.15, 0.2) is 11.5 Å². The minimum atomic E-state index is -0.111. The zero-order valence-corrected chi connectivity index (χ0v) is 11.4. The van der Waals surface area contributed by atoms with Crippen molar-refractivity contribution in [3.63, 3.8) is 0 Å². The van der Waals surface area contributed by atoms with E-state index in [1.54, 1.807) is 20.3 Å². The Morgan fingerprint density at radius 3 is 2.47 bits per heavy atom. The van der Waals surface area contributed by atoms with Crippen molar-refractivity contribution in [1.29, 1.82) is 0 Å². The van der Waals surface area contributed by atoms with Crippen LogP contribution in [-0.4, -0.2) is 20.3 Å². The summed E-state index contributed by atoms with van der Waals surface area (Å²) in [6, 6.07) is 5.60. The number of ether oxygens (including phenoxy) is 2. The minimum Gasteiger partial charge on any atom is -0.493 e. The molecule has 1 aromatic rings. The molecule has 0 radical (unpaired) electrons. The molecule has 1 aliphatic rings. The Morgan fingerprint density at radius 2 is 1.89 bits per heavy atom. The fraction of sp³-hybridized carbons (Fsp3) is 0.533. The number of isocyanates is 1. The lowest BCUT2D eigenvalue weighted by molar-refractivity contribution is 0.353. The van der Waals surface area contributed by atoms with E-state index in [-0.39, 0.29) is 6.04 Å². The molecule has 102 valence electrons. The van der Waals surface area contributed by atoms with Gasteiger partial charge >= 0.3 is 0 Å².